The third-order valence-electron chi connectivity index (χ3n) is 3.34. The van der Waals surface area contributed by atoms with Crippen LogP contribution in [-0.2, 0) is 14.8 Å². The van der Waals surface area contributed by atoms with Crippen LogP contribution in [0, 0.1) is 0 Å². The molecule has 19 heavy (non-hydrogen) atoms. The van der Waals surface area contributed by atoms with Crippen LogP contribution in [0.5, 0.6) is 5.75 Å². The van der Waals surface area contributed by atoms with Crippen LogP contribution < -0.4 is 0 Å². The van der Waals surface area contributed by atoms with Gasteiger partial charge in [-0.25, -0.2) is 8.42 Å². The molecule has 1 fully saturated rings. The largest absolute Gasteiger partial charge is 0.507 e. The number of ether oxygens (including phenoxy) is 1. The van der Waals surface area contributed by atoms with E-state index in [-0.39, 0.29) is 22.8 Å². The Morgan fingerprint density at radius 2 is 2.11 bits per heavy atom. The van der Waals surface area contributed by atoms with Crippen LogP contribution in [0.15, 0.2) is 29.2 Å². The van der Waals surface area contributed by atoms with Crippen LogP contribution in [0.25, 0.3) is 0 Å². The van der Waals surface area contributed by atoms with Gasteiger partial charge in [0.2, 0.25) is 10.0 Å². The normalized spacial score (nSPS) is 25.4. The zero-order chi connectivity index (χ0) is 14.0. The monoisotopic (exact) mass is 285 g/mol. The van der Waals surface area contributed by atoms with Gasteiger partial charge in [0.25, 0.3) is 0 Å². The number of phenols is 1. The Hall–Kier alpha value is -1.11. The molecule has 1 aromatic rings. The zero-order valence-electron chi connectivity index (χ0n) is 11.1. The van der Waals surface area contributed by atoms with E-state index < -0.39 is 10.0 Å². The van der Waals surface area contributed by atoms with E-state index in [9.17, 15) is 13.5 Å². The van der Waals surface area contributed by atoms with Crippen molar-refractivity contribution in [3.05, 3.63) is 24.3 Å². The van der Waals surface area contributed by atoms with Crippen molar-refractivity contribution in [2.45, 2.75) is 37.3 Å². The molecule has 0 aromatic heterocycles. The summed E-state index contributed by atoms with van der Waals surface area (Å²) in [4.78, 5) is -0.0393. The van der Waals surface area contributed by atoms with Gasteiger partial charge in [0.05, 0.1) is 12.7 Å². The summed E-state index contributed by atoms with van der Waals surface area (Å²) < 4.78 is 32.2. The highest BCUT2D eigenvalue weighted by Crippen LogP contribution is 2.29. The van der Waals surface area contributed by atoms with Gasteiger partial charge >= 0.3 is 0 Å². The van der Waals surface area contributed by atoms with Crippen molar-refractivity contribution in [2.24, 2.45) is 0 Å². The molecule has 1 aliphatic rings. The second kappa shape index (κ2) is 5.48. The fraction of sp³-hybridized carbons (Fsp3) is 0.538. The van der Waals surface area contributed by atoms with Gasteiger partial charge in [-0.15, -0.1) is 0 Å². The summed E-state index contributed by atoms with van der Waals surface area (Å²) in [6, 6.07) is 5.85. The Labute approximate surface area is 113 Å². The number of morpholine rings is 1. The number of hydrogen-bond acceptors (Lipinski definition) is 4. The summed E-state index contributed by atoms with van der Waals surface area (Å²) in [7, 11) is -3.68. The van der Waals surface area contributed by atoms with E-state index in [2.05, 4.69) is 0 Å². The average molecular weight is 285 g/mol. The van der Waals surface area contributed by atoms with Crippen LogP contribution in [0.1, 0.15) is 20.3 Å². The van der Waals surface area contributed by atoms with Crippen LogP contribution in [0.3, 0.4) is 0 Å². The molecule has 0 spiro atoms. The fourth-order valence-electron chi connectivity index (χ4n) is 2.23. The number of aromatic hydroxyl groups is 1. The van der Waals surface area contributed by atoms with Crippen molar-refractivity contribution in [2.75, 3.05) is 13.2 Å². The van der Waals surface area contributed by atoms with Crippen molar-refractivity contribution >= 4 is 10.0 Å². The lowest BCUT2D eigenvalue weighted by atomic mass is 10.2. The number of nitrogens with zero attached hydrogens (tertiary/aromatic N) is 1. The maximum Gasteiger partial charge on any atom is 0.247 e. The molecule has 0 aliphatic carbocycles. The van der Waals surface area contributed by atoms with Gasteiger partial charge in [0, 0.05) is 12.6 Å². The van der Waals surface area contributed by atoms with Crippen LogP contribution in [0.4, 0.5) is 0 Å². The molecule has 1 aromatic carbocycles. The van der Waals surface area contributed by atoms with Gasteiger partial charge in [-0.1, -0.05) is 19.1 Å². The van der Waals surface area contributed by atoms with Gasteiger partial charge < -0.3 is 9.84 Å². The molecule has 6 heteroatoms. The van der Waals surface area contributed by atoms with Crippen molar-refractivity contribution in [3.8, 4) is 5.75 Å². The lowest BCUT2D eigenvalue weighted by Crippen LogP contribution is -2.51. The Morgan fingerprint density at radius 3 is 2.74 bits per heavy atom. The summed E-state index contributed by atoms with van der Waals surface area (Å²) in [6.07, 6.45) is 0.544. The maximum absolute atomic E-state index is 12.6. The quantitative estimate of drug-likeness (QED) is 0.915. The summed E-state index contributed by atoms with van der Waals surface area (Å²) in [6.45, 7) is 4.48. The minimum Gasteiger partial charge on any atom is -0.507 e. The van der Waals surface area contributed by atoms with E-state index in [1.807, 2.05) is 13.8 Å². The summed E-state index contributed by atoms with van der Waals surface area (Å²) >= 11 is 0. The first-order chi connectivity index (χ1) is 8.96. The zero-order valence-corrected chi connectivity index (χ0v) is 11.9. The predicted octanol–water partition coefficient (Wildman–Crippen LogP) is 1.58. The van der Waals surface area contributed by atoms with E-state index >= 15 is 0 Å². The number of sulfonamides is 1. The van der Waals surface area contributed by atoms with Crippen molar-refractivity contribution in [1.29, 1.82) is 0 Å². The molecule has 2 unspecified atom stereocenters. The van der Waals surface area contributed by atoms with E-state index in [0.29, 0.717) is 19.6 Å². The van der Waals surface area contributed by atoms with E-state index in [1.165, 1.54) is 16.4 Å². The minimum absolute atomic E-state index is 0.0393. The highest BCUT2D eigenvalue weighted by atomic mass is 32.2. The lowest BCUT2D eigenvalue weighted by Gasteiger charge is -2.37. The first-order valence-electron chi connectivity index (χ1n) is 6.38. The standard InChI is InChI=1S/C13H19NO4S/c1-3-11-9-18-10(2)8-14(11)19(16,17)13-7-5-4-6-12(13)15/h4-7,10-11,15H,3,8-9H2,1-2H3. The maximum atomic E-state index is 12.6. The third kappa shape index (κ3) is 2.75. The lowest BCUT2D eigenvalue weighted by molar-refractivity contribution is -0.0230. The molecule has 2 rings (SSSR count). The molecular weight excluding hydrogens is 266 g/mol. The highest BCUT2D eigenvalue weighted by molar-refractivity contribution is 7.89. The van der Waals surface area contributed by atoms with Gasteiger partial charge in [-0.2, -0.15) is 4.31 Å². The summed E-state index contributed by atoms with van der Waals surface area (Å²) in [5, 5.41) is 9.76. The Bertz CT molecular complexity index is 543. The van der Waals surface area contributed by atoms with Crippen LogP contribution in [0.2, 0.25) is 0 Å². The molecule has 0 radical (unpaired) electrons. The Kier molecular flexibility index (Phi) is 4.13. The fourth-order valence-corrected chi connectivity index (χ4v) is 4.08. The number of phenolic OH excluding ortho intramolecular Hbond substituents is 1. The van der Waals surface area contributed by atoms with Gasteiger partial charge in [0.15, 0.2) is 0 Å². The Morgan fingerprint density at radius 1 is 1.42 bits per heavy atom. The van der Waals surface area contributed by atoms with Gasteiger partial charge in [-0.3, -0.25) is 0 Å². The molecule has 5 nitrogen and oxygen atoms in total. The topological polar surface area (TPSA) is 66.8 Å². The second-order valence-corrected chi connectivity index (χ2v) is 6.61. The number of hydrogen-bond donors (Lipinski definition) is 1. The van der Waals surface area contributed by atoms with Crippen molar-refractivity contribution in [1.82, 2.24) is 4.31 Å². The Balaban J connectivity index is 2.40. The highest BCUT2D eigenvalue weighted by Gasteiger charge is 2.36. The summed E-state index contributed by atoms with van der Waals surface area (Å²) in [5.74, 6) is -0.212. The molecule has 0 amide bonds. The first kappa shape index (κ1) is 14.3. The predicted molar refractivity (Wildman–Crippen MR) is 71.5 cm³/mol. The molecule has 0 saturated carbocycles. The molecule has 1 aliphatic heterocycles. The third-order valence-corrected chi connectivity index (χ3v) is 5.31. The van der Waals surface area contributed by atoms with Crippen molar-refractivity contribution in [3.63, 3.8) is 0 Å². The van der Waals surface area contributed by atoms with E-state index in [4.69, 9.17) is 4.74 Å². The average Bonchev–Trinajstić information content (AvgIpc) is 2.39. The number of benzene rings is 1. The van der Waals surface area contributed by atoms with Crippen LogP contribution in [-0.4, -0.2) is 43.1 Å². The smallest absolute Gasteiger partial charge is 0.247 e. The molecule has 2 atom stereocenters. The molecule has 1 N–H and O–H groups in total. The van der Waals surface area contributed by atoms with E-state index in [1.54, 1.807) is 12.1 Å². The molecule has 1 saturated heterocycles. The van der Waals surface area contributed by atoms with E-state index in [0.717, 1.165) is 0 Å². The minimum atomic E-state index is -3.68. The molecule has 106 valence electrons. The van der Waals surface area contributed by atoms with Gasteiger partial charge in [0.1, 0.15) is 10.6 Å². The summed E-state index contributed by atoms with van der Waals surface area (Å²) in [5.41, 5.74) is 0. The molecule has 1 heterocycles. The second-order valence-electron chi connectivity index (χ2n) is 4.75. The van der Waals surface area contributed by atoms with Crippen molar-refractivity contribution < 1.29 is 18.3 Å². The number of para-hydroxylation sites is 1. The first-order valence-corrected chi connectivity index (χ1v) is 7.82. The SMILES string of the molecule is CCC1COC(C)CN1S(=O)(=O)c1ccccc1O. The molecule has 0 bridgehead atoms. The van der Waals surface area contributed by atoms with Crippen LogP contribution >= 0.6 is 0 Å². The molecular formula is C13H19NO4S. The van der Waals surface area contributed by atoms with Gasteiger partial charge in [-0.05, 0) is 25.5 Å². The number of rotatable bonds is 3.